The van der Waals surface area contributed by atoms with Crippen LogP contribution >= 0.6 is 0 Å². The fourth-order valence-corrected chi connectivity index (χ4v) is 1.87. The quantitative estimate of drug-likeness (QED) is 0.579. The molecule has 114 valence electrons. The number of pyridine rings is 1. The molecule has 2 aromatic heterocycles. The van der Waals surface area contributed by atoms with E-state index in [1.54, 1.807) is 24.5 Å². The van der Waals surface area contributed by atoms with Gasteiger partial charge in [-0.2, -0.15) is 0 Å². The predicted octanol–water partition coefficient (Wildman–Crippen LogP) is 2.29. The molecule has 3 rings (SSSR count). The third-order valence-corrected chi connectivity index (χ3v) is 2.92. The van der Waals surface area contributed by atoms with Crippen molar-refractivity contribution in [3.05, 3.63) is 64.5 Å². The molecule has 0 saturated heterocycles. The molecule has 0 bridgehead atoms. The van der Waals surface area contributed by atoms with E-state index in [0.717, 1.165) is 0 Å². The van der Waals surface area contributed by atoms with E-state index in [1.807, 2.05) is 0 Å². The molecule has 1 aromatic carbocycles. The van der Waals surface area contributed by atoms with Crippen LogP contribution in [0.4, 0.5) is 11.7 Å². The minimum atomic E-state index is -0.706. The van der Waals surface area contributed by atoms with Gasteiger partial charge in [0, 0.05) is 24.0 Å². The summed E-state index contributed by atoms with van der Waals surface area (Å²) in [6, 6.07) is 8.77. The highest BCUT2D eigenvalue weighted by atomic mass is 16.6. The second-order valence-electron chi connectivity index (χ2n) is 4.38. The molecule has 0 unspecified atom stereocenters. The lowest BCUT2D eigenvalue weighted by Gasteiger charge is -2.01. The predicted molar refractivity (Wildman–Crippen MR) is 78.6 cm³/mol. The van der Waals surface area contributed by atoms with Gasteiger partial charge in [-0.3, -0.25) is 25.2 Å². The van der Waals surface area contributed by atoms with Crippen molar-refractivity contribution < 1.29 is 14.1 Å². The maximum Gasteiger partial charge on any atom is 0.322 e. The summed E-state index contributed by atoms with van der Waals surface area (Å²) in [6.07, 6.45) is 3.12. The number of nitrogens with one attached hydrogen (secondary N) is 1. The van der Waals surface area contributed by atoms with Gasteiger partial charge in [0.1, 0.15) is 5.56 Å². The summed E-state index contributed by atoms with van der Waals surface area (Å²) in [7, 11) is 0. The molecule has 0 aliphatic heterocycles. The van der Waals surface area contributed by atoms with Crippen LogP contribution in [0.2, 0.25) is 0 Å². The number of carbonyl (C=O) groups excluding carboxylic acids is 1. The van der Waals surface area contributed by atoms with Crippen LogP contribution in [0.25, 0.3) is 11.5 Å². The molecule has 3 aromatic rings. The van der Waals surface area contributed by atoms with E-state index in [9.17, 15) is 14.9 Å². The summed E-state index contributed by atoms with van der Waals surface area (Å²) in [6.45, 7) is 0. The monoisotopic (exact) mass is 311 g/mol. The molecule has 0 radical (unpaired) electrons. The third kappa shape index (κ3) is 3.02. The van der Waals surface area contributed by atoms with Gasteiger partial charge in [-0.1, -0.05) is 17.2 Å². The zero-order chi connectivity index (χ0) is 16.2. The van der Waals surface area contributed by atoms with E-state index in [1.165, 1.54) is 24.3 Å². The lowest BCUT2D eigenvalue weighted by Crippen LogP contribution is -2.14. The van der Waals surface area contributed by atoms with E-state index in [2.05, 4.69) is 20.5 Å². The Labute approximate surface area is 129 Å². The summed E-state index contributed by atoms with van der Waals surface area (Å²) in [5, 5.41) is 20.8. The largest absolute Gasteiger partial charge is 0.403 e. The standard InChI is InChI=1S/C14H9N5O4/c20-12(10-3-1-2-4-11(10)19(21)22)16-14-18-17-13(23-14)9-5-7-15-8-6-9/h1-8H,(H,16,18,20). The van der Waals surface area contributed by atoms with Crippen molar-refractivity contribution in [2.24, 2.45) is 0 Å². The number of aromatic nitrogens is 3. The molecule has 2 heterocycles. The molecule has 0 aliphatic rings. The first-order valence-electron chi connectivity index (χ1n) is 6.44. The average Bonchev–Trinajstić information content (AvgIpc) is 3.04. The van der Waals surface area contributed by atoms with E-state index in [0.29, 0.717) is 5.56 Å². The highest BCUT2D eigenvalue weighted by molar-refractivity contribution is 6.06. The first kappa shape index (κ1) is 14.3. The van der Waals surface area contributed by atoms with Crippen LogP contribution in [0.15, 0.2) is 53.2 Å². The minimum Gasteiger partial charge on any atom is -0.403 e. The lowest BCUT2D eigenvalue weighted by molar-refractivity contribution is -0.385. The van der Waals surface area contributed by atoms with Crippen LogP contribution in [0.3, 0.4) is 0 Å². The normalized spacial score (nSPS) is 10.3. The molecule has 9 heteroatoms. The Bertz CT molecular complexity index is 862. The lowest BCUT2D eigenvalue weighted by atomic mass is 10.1. The van der Waals surface area contributed by atoms with Crippen molar-refractivity contribution in [3.63, 3.8) is 0 Å². The number of rotatable bonds is 4. The maximum atomic E-state index is 12.1. The number of para-hydroxylation sites is 1. The summed E-state index contributed by atoms with van der Waals surface area (Å²) < 4.78 is 5.31. The van der Waals surface area contributed by atoms with Crippen molar-refractivity contribution in [1.29, 1.82) is 0 Å². The number of hydrogen-bond acceptors (Lipinski definition) is 7. The molecule has 0 spiro atoms. The SMILES string of the molecule is O=C(Nc1nnc(-c2ccncc2)o1)c1ccccc1[N+](=O)[O-]. The maximum absolute atomic E-state index is 12.1. The summed E-state index contributed by atoms with van der Waals surface area (Å²) in [5.41, 5.74) is 0.235. The van der Waals surface area contributed by atoms with E-state index in [-0.39, 0.29) is 23.2 Å². The number of carbonyl (C=O) groups is 1. The molecule has 1 amide bonds. The van der Waals surface area contributed by atoms with Gasteiger partial charge in [-0.05, 0) is 18.2 Å². The number of benzene rings is 1. The van der Waals surface area contributed by atoms with Gasteiger partial charge in [0.05, 0.1) is 4.92 Å². The number of anilines is 1. The van der Waals surface area contributed by atoms with Crippen LogP contribution in [0.1, 0.15) is 10.4 Å². The Morgan fingerprint density at radius 1 is 1.13 bits per heavy atom. The van der Waals surface area contributed by atoms with Crippen LogP contribution in [0, 0.1) is 10.1 Å². The summed E-state index contributed by atoms with van der Waals surface area (Å²) in [5.74, 6) is -0.507. The first-order chi connectivity index (χ1) is 11.1. The zero-order valence-electron chi connectivity index (χ0n) is 11.5. The van der Waals surface area contributed by atoms with Gasteiger partial charge in [0.15, 0.2) is 0 Å². The second kappa shape index (κ2) is 6.02. The fourth-order valence-electron chi connectivity index (χ4n) is 1.87. The molecule has 0 atom stereocenters. The smallest absolute Gasteiger partial charge is 0.322 e. The molecule has 23 heavy (non-hydrogen) atoms. The van der Waals surface area contributed by atoms with Crippen LogP contribution in [-0.2, 0) is 0 Å². The molecule has 0 aliphatic carbocycles. The third-order valence-electron chi connectivity index (χ3n) is 2.92. The van der Waals surface area contributed by atoms with Gasteiger partial charge in [0.25, 0.3) is 11.6 Å². The van der Waals surface area contributed by atoms with Crippen molar-refractivity contribution in [2.45, 2.75) is 0 Å². The van der Waals surface area contributed by atoms with Crippen LogP contribution < -0.4 is 5.32 Å². The minimum absolute atomic E-state index is 0.0961. The average molecular weight is 311 g/mol. The number of hydrogen-bond donors (Lipinski definition) is 1. The molecule has 0 saturated carbocycles. The number of nitro groups is 1. The summed E-state index contributed by atoms with van der Waals surface area (Å²) in [4.78, 5) is 26.3. The summed E-state index contributed by atoms with van der Waals surface area (Å²) >= 11 is 0. The van der Waals surface area contributed by atoms with Crippen LogP contribution in [0.5, 0.6) is 0 Å². The number of nitrogens with zero attached hydrogens (tertiary/aromatic N) is 4. The van der Waals surface area contributed by atoms with Crippen molar-refractivity contribution >= 4 is 17.6 Å². The Balaban J connectivity index is 1.82. The van der Waals surface area contributed by atoms with Gasteiger partial charge < -0.3 is 4.42 Å². The molecule has 9 nitrogen and oxygen atoms in total. The molecular weight excluding hydrogens is 302 g/mol. The fraction of sp³-hybridized carbons (Fsp3) is 0. The van der Waals surface area contributed by atoms with Crippen LogP contribution in [-0.4, -0.2) is 26.0 Å². The van der Waals surface area contributed by atoms with Crippen molar-refractivity contribution in [2.75, 3.05) is 5.32 Å². The number of nitro benzene ring substituents is 1. The Morgan fingerprint density at radius 3 is 2.61 bits per heavy atom. The topological polar surface area (TPSA) is 124 Å². The van der Waals surface area contributed by atoms with Gasteiger partial charge in [-0.25, -0.2) is 0 Å². The van der Waals surface area contributed by atoms with Crippen molar-refractivity contribution in [3.8, 4) is 11.5 Å². The highest BCUT2D eigenvalue weighted by Crippen LogP contribution is 2.21. The zero-order valence-corrected chi connectivity index (χ0v) is 11.5. The van der Waals surface area contributed by atoms with E-state index in [4.69, 9.17) is 4.42 Å². The highest BCUT2D eigenvalue weighted by Gasteiger charge is 2.21. The van der Waals surface area contributed by atoms with Gasteiger partial charge in [0.2, 0.25) is 5.89 Å². The second-order valence-corrected chi connectivity index (χ2v) is 4.38. The van der Waals surface area contributed by atoms with Gasteiger partial charge >= 0.3 is 6.01 Å². The Hall–Kier alpha value is -3.62. The van der Waals surface area contributed by atoms with Crippen molar-refractivity contribution in [1.82, 2.24) is 15.2 Å². The van der Waals surface area contributed by atoms with Gasteiger partial charge in [-0.15, -0.1) is 5.10 Å². The molecular formula is C14H9N5O4. The van der Waals surface area contributed by atoms with E-state index < -0.39 is 10.8 Å². The number of amides is 1. The first-order valence-corrected chi connectivity index (χ1v) is 6.44. The van der Waals surface area contributed by atoms with E-state index >= 15 is 0 Å². The molecule has 1 N–H and O–H groups in total. The Morgan fingerprint density at radius 2 is 1.87 bits per heavy atom. The molecule has 0 fully saturated rings. The Kier molecular flexibility index (Phi) is 3.75.